The highest BCUT2D eigenvalue weighted by Gasteiger charge is 2.26. The summed E-state index contributed by atoms with van der Waals surface area (Å²) in [6, 6.07) is 8.37. The van der Waals surface area contributed by atoms with Crippen LogP contribution in [0.25, 0.3) is 0 Å². The van der Waals surface area contributed by atoms with Gasteiger partial charge in [-0.3, -0.25) is 14.7 Å². The highest BCUT2D eigenvalue weighted by atomic mass is 35.5. The second-order valence-corrected chi connectivity index (χ2v) is 9.38. The lowest BCUT2D eigenvalue weighted by Gasteiger charge is -2.34. The first-order chi connectivity index (χ1) is 13.3. The van der Waals surface area contributed by atoms with Gasteiger partial charge in [0.25, 0.3) is 5.91 Å². The molecule has 1 aromatic carbocycles. The van der Waals surface area contributed by atoms with E-state index in [9.17, 15) is 13.2 Å². The maximum atomic E-state index is 12.9. The van der Waals surface area contributed by atoms with Crippen LogP contribution in [0.3, 0.4) is 0 Å². The topological polar surface area (TPSA) is 73.8 Å². The number of benzene rings is 1. The number of rotatable bonds is 5. The molecule has 0 aliphatic carbocycles. The Morgan fingerprint density at radius 3 is 2.36 bits per heavy atom. The van der Waals surface area contributed by atoms with Crippen LogP contribution in [0, 0.1) is 0 Å². The Morgan fingerprint density at radius 2 is 1.75 bits per heavy atom. The molecule has 0 bridgehead atoms. The molecule has 9 heteroatoms. The maximum absolute atomic E-state index is 12.9. The number of carbonyl (C=O) groups is 1. The van der Waals surface area contributed by atoms with Gasteiger partial charge < -0.3 is 4.90 Å². The second kappa shape index (κ2) is 8.57. The Kier molecular flexibility index (Phi) is 6.34. The molecular formula is C19H23ClN4O3S. The van der Waals surface area contributed by atoms with E-state index in [0.29, 0.717) is 18.7 Å². The number of nitrogens with zero attached hydrogens (tertiary/aromatic N) is 4. The van der Waals surface area contributed by atoms with Gasteiger partial charge >= 0.3 is 0 Å². The van der Waals surface area contributed by atoms with Crippen molar-refractivity contribution in [1.82, 2.24) is 19.1 Å². The number of hydrogen-bond acceptors (Lipinski definition) is 5. The first-order valence-corrected chi connectivity index (χ1v) is 10.7. The molecule has 0 radical (unpaired) electrons. The van der Waals surface area contributed by atoms with E-state index in [2.05, 4.69) is 9.88 Å². The van der Waals surface area contributed by atoms with Crippen LogP contribution in [0.2, 0.25) is 5.02 Å². The molecule has 1 saturated heterocycles. The Hall–Kier alpha value is -2.00. The van der Waals surface area contributed by atoms with Gasteiger partial charge in [-0.2, -0.15) is 0 Å². The average Bonchev–Trinajstić information content (AvgIpc) is 2.69. The Bertz CT molecular complexity index is 943. The van der Waals surface area contributed by atoms with E-state index in [1.807, 2.05) is 12.1 Å². The normalized spacial score (nSPS) is 15.8. The molecule has 1 aliphatic rings. The monoisotopic (exact) mass is 422 g/mol. The van der Waals surface area contributed by atoms with Crippen molar-refractivity contribution < 1.29 is 13.2 Å². The van der Waals surface area contributed by atoms with Crippen LogP contribution < -0.4 is 0 Å². The van der Waals surface area contributed by atoms with E-state index < -0.39 is 10.0 Å². The van der Waals surface area contributed by atoms with Crippen molar-refractivity contribution in [2.75, 3.05) is 40.3 Å². The third-order valence-corrected chi connectivity index (χ3v) is 7.05. The van der Waals surface area contributed by atoms with Gasteiger partial charge in [0.1, 0.15) is 4.90 Å². The van der Waals surface area contributed by atoms with E-state index in [-0.39, 0.29) is 15.8 Å². The third kappa shape index (κ3) is 4.52. The second-order valence-electron chi connectivity index (χ2n) is 6.86. The molecule has 0 unspecified atom stereocenters. The molecule has 2 aromatic rings. The van der Waals surface area contributed by atoms with E-state index in [4.69, 9.17) is 11.6 Å². The molecule has 150 valence electrons. The molecule has 0 atom stereocenters. The van der Waals surface area contributed by atoms with Gasteiger partial charge in [-0.1, -0.05) is 11.6 Å². The van der Waals surface area contributed by atoms with Crippen LogP contribution in [0.5, 0.6) is 0 Å². The Labute approximate surface area is 170 Å². The SMILES string of the molecule is CN(C)S(=O)(=O)c1cc(C(=O)N2CCN(Cc3ccncc3)CC2)ccc1Cl. The largest absolute Gasteiger partial charge is 0.336 e. The van der Waals surface area contributed by atoms with Crippen LogP contribution >= 0.6 is 11.6 Å². The highest BCUT2D eigenvalue weighted by molar-refractivity contribution is 7.89. The molecule has 0 saturated carbocycles. The average molecular weight is 423 g/mol. The quantitative estimate of drug-likeness (QED) is 0.736. The minimum absolute atomic E-state index is 0.0543. The summed E-state index contributed by atoms with van der Waals surface area (Å²) in [5.74, 6) is -0.185. The van der Waals surface area contributed by atoms with Crippen LogP contribution in [0.15, 0.2) is 47.6 Å². The molecule has 1 aromatic heterocycles. The fourth-order valence-corrected chi connectivity index (χ4v) is 4.46. The summed E-state index contributed by atoms with van der Waals surface area (Å²) < 4.78 is 25.9. The number of hydrogen-bond donors (Lipinski definition) is 0. The lowest BCUT2D eigenvalue weighted by atomic mass is 10.1. The van der Waals surface area contributed by atoms with Gasteiger partial charge in [0.15, 0.2) is 0 Å². The van der Waals surface area contributed by atoms with Crippen LogP contribution in [-0.4, -0.2) is 73.7 Å². The lowest BCUT2D eigenvalue weighted by molar-refractivity contribution is 0.0628. The van der Waals surface area contributed by atoms with Gasteiger partial charge in [0, 0.05) is 64.8 Å². The molecule has 3 rings (SSSR count). The van der Waals surface area contributed by atoms with Crippen LogP contribution in [0.1, 0.15) is 15.9 Å². The van der Waals surface area contributed by atoms with Crippen molar-refractivity contribution in [3.8, 4) is 0 Å². The van der Waals surface area contributed by atoms with Gasteiger partial charge in [0.2, 0.25) is 10.0 Å². The number of sulfonamides is 1. The predicted octanol–water partition coefficient (Wildman–Crippen LogP) is 1.94. The summed E-state index contributed by atoms with van der Waals surface area (Å²) in [6.07, 6.45) is 3.55. The summed E-state index contributed by atoms with van der Waals surface area (Å²) in [6.45, 7) is 3.50. The van der Waals surface area contributed by atoms with Crippen molar-refractivity contribution in [3.05, 3.63) is 58.9 Å². The Morgan fingerprint density at radius 1 is 1.11 bits per heavy atom. The number of halogens is 1. The molecule has 1 amide bonds. The molecule has 0 N–H and O–H groups in total. The van der Waals surface area contributed by atoms with E-state index in [1.165, 1.54) is 31.8 Å². The summed E-state index contributed by atoms with van der Waals surface area (Å²) in [5.41, 5.74) is 1.51. The number of carbonyl (C=O) groups excluding carboxylic acids is 1. The van der Waals surface area contributed by atoms with Gasteiger partial charge in [-0.05, 0) is 35.9 Å². The first kappa shape index (κ1) is 20.7. The number of amides is 1. The summed E-state index contributed by atoms with van der Waals surface area (Å²) >= 11 is 6.07. The van der Waals surface area contributed by atoms with Crippen LogP contribution in [-0.2, 0) is 16.6 Å². The van der Waals surface area contributed by atoms with Crippen molar-refractivity contribution in [2.24, 2.45) is 0 Å². The zero-order valence-electron chi connectivity index (χ0n) is 15.9. The summed E-state index contributed by atoms with van der Waals surface area (Å²) in [5, 5.41) is 0.104. The molecule has 2 heterocycles. The number of pyridine rings is 1. The standard InChI is InChI=1S/C19H23ClN4O3S/c1-22(2)28(26,27)18-13-16(3-4-17(18)20)19(25)24-11-9-23(10-12-24)14-15-5-7-21-8-6-15/h3-8,13H,9-12,14H2,1-2H3. The van der Waals surface area contributed by atoms with Crippen molar-refractivity contribution in [1.29, 1.82) is 0 Å². The zero-order chi connectivity index (χ0) is 20.3. The van der Waals surface area contributed by atoms with Crippen molar-refractivity contribution >= 4 is 27.5 Å². The molecular weight excluding hydrogens is 400 g/mol. The zero-order valence-corrected chi connectivity index (χ0v) is 17.4. The molecule has 0 spiro atoms. The Balaban J connectivity index is 1.69. The molecule has 7 nitrogen and oxygen atoms in total. The smallest absolute Gasteiger partial charge is 0.253 e. The maximum Gasteiger partial charge on any atom is 0.253 e. The van der Waals surface area contributed by atoms with Crippen molar-refractivity contribution in [3.63, 3.8) is 0 Å². The van der Waals surface area contributed by atoms with Gasteiger partial charge in [0.05, 0.1) is 5.02 Å². The first-order valence-electron chi connectivity index (χ1n) is 8.91. The molecule has 28 heavy (non-hydrogen) atoms. The van der Waals surface area contributed by atoms with Crippen molar-refractivity contribution in [2.45, 2.75) is 11.4 Å². The number of piperazine rings is 1. The van der Waals surface area contributed by atoms with E-state index in [0.717, 1.165) is 23.9 Å². The lowest BCUT2D eigenvalue weighted by Crippen LogP contribution is -2.48. The van der Waals surface area contributed by atoms with Gasteiger partial charge in [-0.15, -0.1) is 0 Å². The fraction of sp³-hybridized carbons (Fsp3) is 0.368. The van der Waals surface area contributed by atoms with Gasteiger partial charge in [-0.25, -0.2) is 12.7 Å². The number of aromatic nitrogens is 1. The predicted molar refractivity (Wildman–Crippen MR) is 108 cm³/mol. The third-order valence-electron chi connectivity index (χ3n) is 4.75. The molecule has 1 aliphatic heterocycles. The van der Waals surface area contributed by atoms with Crippen LogP contribution in [0.4, 0.5) is 0 Å². The minimum Gasteiger partial charge on any atom is -0.336 e. The fourth-order valence-electron chi connectivity index (χ4n) is 3.07. The minimum atomic E-state index is -3.72. The summed E-state index contributed by atoms with van der Waals surface area (Å²) in [7, 11) is -0.855. The molecule has 1 fully saturated rings. The van der Waals surface area contributed by atoms with E-state index >= 15 is 0 Å². The summed E-state index contributed by atoms with van der Waals surface area (Å²) in [4.78, 5) is 20.9. The van der Waals surface area contributed by atoms with E-state index in [1.54, 1.807) is 23.4 Å². The highest BCUT2D eigenvalue weighted by Crippen LogP contribution is 2.25.